The Labute approximate surface area is 42.5 Å². The molecule has 0 saturated carbocycles. The zero-order valence-corrected chi connectivity index (χ0v) is 4.02. The highest BCUT2D eigenvalue weighted by atomic mass is 16.5. The molecule has 0 N–H and O–H groups in total. The van der Waals surface area contributed by atoms with Crippen molar-refractivity contribution in [2.24, 2.45) is 5.92 Å². The van der Waals surface area contributed by atoms with Gasteiger partial charge in [0.15, 0.2) is 0 Å². The molecule has 0 spiro atoms. The van der Waals surface area contributed by atoms with Crippen LogP contribution in [-0.4, -0.2) is 12.6 Å². The molecule has 1 radical (unpaired) electrons. The maximum Gasteiger partial charge on any atom is 0.306 e. The first kappa shape index (κ1) is 4.62. The number of hydrogen-bond acceptors (Lipinski definition) is 2. The van der Waals surface area contributed by atoms with Crippen molar-refractivity contribution in [3.05, 3.63) is 6.92 Å². The lowest BCUT2D eigenvalue weighted by molar-refractivity contribution is -0.137. The van der Waals surface area contributed by atoms with Gasteiger partial charge in [-0.15, -0.1) is 0 Å². The molecule has 1 atom stereocenters. The van der Waals surface area contributed by atoms with E-state index < -0.39 is 0 Å². The first-order valence-electron chi connectivity index (χ1n) is 2.28. The smallest absolute Gasteiger partial charge is 0.306 e. The van der Waals surface area contributed by atoms with Crippen molar-refractivity contribution in [1.29, 1.82) is 0 Å². The average Bonchev–Trinajstić information content (AvgIpc) is 1.87. The summed E-state index contributed by atoms with van der Waals surface area (Å²) in [4.78, 5) is 10.2. The van der Waals surface area contributed by atoms with Gasteiger partial charge in [0.1, 0.15) is 0 Å². The van der Waals surface area contributed by atoms with Crippen molar-refractivity contribution in [3.63, 3.8) is 0 Å². The van der Waals surface area contributed by atoms with Crippen molar-refractivity contribution < 1.29 is 9.53 Å². The normalized spacial score (nSPS) is 30.4. The number of ether oxygens (including phenoxy) is 1. The molecule has 0 aromatic heterocycles. The van der Waals surface area contributed by atoms with Crippen LogP contribution in [0.15, 0.2) is 0 Å². The van der Waals surface area contributed by atoms with Crippen molar-refractivity contribution in [2.75, 3.05) is 6.61 Å². The number of esters is 1. The average molecular weight is 99.1 g/mol. The Balaban J connectivity index is 2.40. The van der Waals surface area contributed by atoms with E-state index in [1.165, 1.54) is 0 Å². The number of rotatable bonds is 0. The Morgan fingerprint density at radius 1 is 1.86 bits per heavy atom. The minimum atomic E-state index is -0.111. The number of cyclic esters (lactones) is 1. The Morgan fingerprint density at radius 3 is 2.71 bits per heavy atom. The molecule has 0 amide bonds. The zero-order chi connectivity index (χ0) is 5.28. The fourth-order valence-corrected chi connectivity index (χ4v) is 0.564. The first-order valence-corrected chi connectivity index (χ1v) is 2.28. The van der Waals surface area contributed by atoms with Crippen LogP contribution >= 0.6 is 0 Å². The summed E-state index contributed by atoms with van der Waals surface area (Å²) in [7, 11) is 0. The summed E-state index contributed by atoms with van der Waals surface area (Å²) in [5, 5.41) is 0. The van der Waals surface area contributed by atoms with E-state index in [0.717, 1.165) is 0 Å². The third kappa shape index (κ3) is 0.918. The van der Waals surface area contributed by atoms with E-state index in [-0.39, 0.29) is 11.9 Å². The van der Waals surface area contributed by atoms with Crippen LogP contribution < -0.4 is 0 Å². The Kier molecular flexibility index (Phi) is 1.01. The minimum Gasteiger partial charge on any atom is -0.465 e. The van der Waals surface area contributed by atoms with Crippen molar-refractivity contribution in [1.82, 2.24) is 0 Å². The SMILES string of the molecule is [CH2]C1COC(=O)C1. The van der Waals surface area contributed by atoms with E-state index in [1.807, 2.05) is 0 Å². The third-order valence-electron chi connectivity index (χ3n) is 0.935. The quantitative estimate of drug-likeness (QED) is 0.410. The molecule has 2 nitrogen and oxygen atoms in total. The zero-order valence-electron chi connectivity index (χ0n) is 4.02. The Hall–Kier alpha value is -0.530. The van der Waals surface area contributed by atoms with Crippen LogP contribution in [0.3, 0.4) is 0 Å². The molecule has 1 aliphatic heterocycles. The van der Waals surface area contributed by atoms with Crippen LogP contribution in [0.5, 0.6) is 0 Å². The highest BCUT2D eigenvalue weighted by Crippen LogP contribution is 2.10. The molecular weight excluding hydrogens is 92.1 g/mol. The fourth-order valence-electron chi connectivity index (χ4n) is 0.564. The van der Waals surface area contributed by atoms with Crippen molar-refractivity contribution in [3.8, 4) is 0 Å². The third-order valence-corrected chi connectivity index (χ3v) is 0.935. The molecule has 1 aliphatic rings. The van der Waals surface area contributed by atoms with Gasteiger partial charge >= 0.3 is 5.97 Å². The molecule has 39 valence electrons. The van der Waals surface area contributed by atoms with E-state index in [2.05, 4.69) is 11.7 Å². The maximum absolute atomic E-state index is 10.2. The van der Waals surface area contributed by atoms with E-state index >= 15 is 0 Å². The molecule has 7 heavy (non-hydrogen) atoms. The summed E-state index contributed by atoms with van der Waals surface area (Å²) < 4.78 is 4.56. The van der Waals surface area contributed by atoms with Gasteiger partial charge in [-0.25, -0.2) is 0 Å². The molecule has 0 bridgehead atoms. The molecule has 0 aromatic carbocycles. The summed E-state index contributed by atoms with van der Waals surface area (Å²) in [6.07, 6.45) is 0.500. The van der Waals surface area contributed by atoms with Crippen molar-refractivity contribution >= 4 is 5.97 Å². The molecule has 2 heteroatoms. The predicted octanol–water partition coefficient (Wildman–Crippen LogP) is 0.384. The highest BCUT2D eigenvalue weighted by Gasteiger charge is 2.18. The second kappa shape index (κ2) is 1.52. The largest absolute Gasteiger partial charge is 0.465 e. The summed E-state index contributed by atoms with van der Waals surface area (Å²) in [6, 6.07) is 0. The first-order chi connectivity index (χ1) is 3.29. The summed E-state index contributed by atoms with van der Waals surface area (Å²) >= 11 is 0. The molecule has 1 rings (SSSR count). The Morgan fingerprint density at radius 2 is 2.57 bits per heavy atom. The van der Waals surface area contributed by atoms with Gasteiger partial charge < -0.3 is 4.74 Å². The molecular formula is C5H7O2. The summed E-state index contributed by atoms with van der Waals surface area (Å²) in [5.74, 6) is 0.0903. The molecule has 0 aliphatic carbocycles. The summed E-state index contributed by atoms with van der Waals surface area (Å²) in [5.41, 5.74) is 0. The number of carbonyl (C=O) groups is 1. The number of carbonyl (C=O) groups excluding carboxylic acids is 1. The second-order valence-corrected chi connectivity index (χ2v) is 1.75. The molecule has 1 saturated heterocycles. The van der Waals surface area contributed by atoms with Gasteiger partial charge in [0.2, 0.25) is 0 Å². The van der Waals surface area contributed by atoms with Gasteiger partial charge in [-0.05, 0) is 6.92 Å². The van der Waals surface area contributed by atoms with Crippen molar-refractivity contribution in [2.45, 2.75) is 6.42 Å². The van der Waals surface area contributed by atoms with Crippen LogP contribution in [0, 0.1) is 12.8 Å². The monoisotopic (exact) mass is 99.0 g/mol. The summed E-state index contributed by atoms with van der Waals surface area (Å²) in [6.45, 7) is 4.15. The van der Waals surface area contributed by atoms with Crippen LogP contribution in [0.25, 0.3) is 0 Å². The lowest BCUT2D eigenvalue weighted by atomic mass is 10.2. The lowest BCUT2D eigenvalue weighted by Crippen LogP contribution is -1.89. The van der Waals surface area contributed by atoms with Crippen LogP contribution in [0.2, 0.25) is 0 Å². The molecule has 0 aromatic rings. The second-order valence-electron chi connectivity index (χ2n) is 1.75. The molecule has 1 heterocycles. The van der Waals surface area contributed by atoms with Gasteiger partial charge in [0.05, 0.1) is 13.0 Å². The standard InChI is InChI=1S/C5H7O2/c1-4-2-5(6)7-3-4/h4H,1-3H2. The van der Waals surface area contributed by atoms with E-state index in [4.69, 9.17) is 0 Å². The highest BCUT2D eigenvalue weighted by molar-refractivity contribution is 5.71. The lowest BCUT2D eigenvalue weighted by Gasteiger charge is -1.87. The molecule has 1 unspecified atom stereocenters. The van der Waals surface area contributed by atoms with Crippen LogP contribution in [-0.2, 0) is 9.53 Å². The van der Waals surface area contributed by atoms with Gasteiger partial charge in [-0.1, -0.05) is 0 Å². The van der Waals surface area contributed by atoms with E-state index in [0.29, 0.717) is 13.0 Å². The number of hydrogen-bond donors (Lipinski definition) is 0. The van der Waals surface area contributed by atoms with Crippen LogP contribution in [0.4, 0.5) is 0 Å². The predicted molar refractivity (Wildman–Crippen MR) is 24.4 cm³/mol. The van der Waals surface area contributed by atoms with Gasteiger partial charge in [-0.2, -0.15) is 0 Å². The fraction of sp³-hybridized carbons (Fsp3) is 0.600. The molecule has 1 fully saturated rings. The van der Waals surface area contributed by atoms with Crippen LogP contribution in [0.1, 0.15) is 6.42 Å². The van der Waals surface area contributed by atoms with Gasteiger partial charge in [0, 0.05) is 5.92 Å². The topological polar surface area (TPSA) is 26.3 Å². The van der Waals surface area contributed by atoms with E-state index in [9.17, 15) is 4.79 Å². The van der Waals surface area contributed by atoms with Gasteiger partial charge in [0.25, 0.3) is 0 Å². The minimum absolute atomic E-state index is 0.111. The van der Waals surface area contributed by atoms with Gasteiger partial charge in [-0.3, -0.25) is 4.79 Å². The van der Waals surface area contributed by atoms with E-state index in [1.54, 1.807) is 0 Å². The Bertz CT molecular complexity index is 88.1. The maximum atomic E-state index is 10.2.